The first kappa shape index (κ1) is 17.9. The Morgan fingerprint density at radius 1 is 1.45 bits per heavy atom. The van der Waals surface area contributed by atoms with E-state index in [9.17, 15) is 13.2 Å². The number of aliphatic carboxylic acids is 1. The van der Waals surface area contributed by atoms with Crippen LogP contribution < -0.4 is 9.46 Å². The highest BCUT2D eigenvalue weighted by atomic mass is 32.2. The Labute approximate surface area is 129 Å². The number of nitrogens with zero attached hydrogens (tertiary/aromatic N) is 1. The van der Waals surface area contributed by atoms with Crippen LogP contribution in [0.4, 0.5) is 0 Å². The molecule has 0 aromatic heterocycles. The van der Waals surface area contributed by atoms with Crippen LogP contribution in [0.5, 0.6) is 5.75 Å². The third kappa shape index (κ3) is 4.19. The van der Waals surface area contributed by atoms with Gasteiger partial charge in [0.2, 0.25) is 10.0 Å². The van der Waals surface area contributed by atoms with Gasteiger partial charge in [-0.25, -0.2) is 13.1 Å². The highest BCUT2D eigenvalue weighted by Crippen LogP contribution is 2.25. The molecule has 0 fully saturated rings. The van der Waals surface area contributed by atoms with Crippen molar-refractivity contribution in [3.05, 3.63) is 23.8 Å². The van der Waals surface area contributed by atoms with Crippen molar-refractivity contribution < 1.29 is 23.1 Å². The highest BCUT2D eigenvalue weighted by Gasteiger charge is 2.26. The molecule has 0 spiro atoms. The van der Waals surface area contributed by atoms with Gasteiger partial charge >= 0.3 is 5.97 Å². The number of hydrogen-bond acceptors (Lipinski definition) is 5. The minimum absolute atomic E-state index is 0.0305. The fourth-order valence-corrected chi connectivity index (χ4v) is 3.05. The van der Waals surface area contributed by atoms with E-state index < -0.39 is 21.9 Å². The summed E-state index contributed by atoms with van der Waals surface area (Å²) in [6, 6.07) is 5.81. The second-order valence-corrected chi connectivity index (χ2v) is 6.75. The van der Waals surface area contributed by atoms with E-state index in [1.807, 2.05) is 6.07 Å². The predicted octanol–water partition coefficient (Wildman–Crippen LogP) is 1.20. The molecule has 0 aliphatic carbocycles. The number of carbonyl (C=O) groups is 1. The van der Waals surface area contributed by atoms with Crippen molar-refractivity contribution in [3.8, 4) is 11.8 Å². The molecule has 0 amide bonds. The maximum Gasteiger partial charge on any atom is 0.308 e. The fraction of sp³-hybridized carbons (Fsp3) is 0.429. The largest absolute Gasteiger partial charge is 0.495 e. The highest BCUT2D eigenvalue weighted by molar-refractivity contribution is 7.89. The molecule has 1 aromatic rings. The number of ether oxygens (including phenoxy) is 1. The van der Waals surface area contributed by atoms with E-state index in [0.29, 0.717) is 0 Å². The van der Waals surface area contributed by atoms with Gasteiger partial charge in [-0.2, -0.15) is 5.26 Å². The summed E-state index contributed by atoms with van der Waals surface area (Å²) in [5, 5.41) is 17.9. The van der Waals surface area contributed by atoms with Crippen molar-refractivity contribution in [2.45, 2.75) is 18.7 Å². The molecule has 0 bridgehead atoms. The summed E-state index contributed by atoms with van der Waals surface area (Å²) in [6.45, 7) is 3.18. The number of nitriles is 1. The topological polar surface area (TPSA) is 116 Å². The third-order valence-electron chi connectivity index (χ3n) is 3.20. The quantitative estimate of drug-likeness (QED) is 0.777. The summed E-state index contributed by atoms with van der Waals surface area (Å²) >= 11 is 0. The molecule has 1 atom stereocenters. The lowest BCUT2D eigenvalue weighted by atomic mass is 9.97. The molecule has 0 heterocycles. The monoisotopic (exact) mass is 326 g/mol. The van der Waals surface area contributed by atoms with Crippen LogP contribution in [0.2, 0.25) is 0 Å². The van der Waals surface area contributed by atoms with Crippen molar-refractivity contribution in [3.63, 3.8) is 0 Å². The van der Waals surface area contributed by atoms with Gasteiger partial charge in [0.05, 0.1) is 24.7 Å². The second-order valence-electron chi connectivity index (χ2n) is 5.02. The summed E-state index contributed by atoms with van der Waals surface area (Å²) in [5.74, 6) is -2.09. The lowest BCUT2D eigenvalue weighted by Gasteiger charge is -2.17. The number of carboxylic acids is 1. The summed E-state index contributed by atoms with van der Waals surface area (Å²) < 4.78 is 31.9. The van der Waals surface area contributed by atoms with E-state index >= 15 is 0 Å². The van der Waals surface area contributed by atoms with Crippen LogP contribution in [-0.2, 0) is 14.8 Å². The van der Waals surface area contributed by atoms with Crippen molar-refractivity contribution in [1.82, 2.24) is 4.72 Å². The van der Waals surface area contributed by atoms with E-state index in [-0.39, 0.29) is 28.7 Å². The fourth-order valence-electron chi connectivity index (χ4n) is 1.84. The standard InChI is InChI=1S/C14H18N2O5S/c1-9(2)11(14(17)18)8-16-22(19,20)13-5-4-10(7-15)6-12(13)21-3/h4-6,9,11,16H,8H2,1-3H3,(H,17,18). The maximum atomic E-state index is 12.3. The van der Waals surface area contributed by atoms with E-state index in [2.05, 4.69) is 4.72 Å². The maximum absolute atomic E-state index is 12.3. The molecule has 2 N–H and O–H groups in total. The van der Waals surface area contributed by atoms with Crippen molar-refractivity contribution in [2.75, 3.05) is 13.7 Å². The molecule has 7 nitrogen and oxygen atoms in total. The van der Waals surface area contributed by atoms with Crippen molar-refractivity contribution in [1.29, 1.82) is 5.26 Å². The Morgan fingerprint density at radius 3 is 2.55 bits per heavy atom. The van der Waals surface area contributed by atoms with Gasteiger partial charge in [0, 0.05) is 6.54 Å². The minimum atomic E-state index is -3.94. The SMILES string of the molecule is COc1cc(C#N)ccc1S(=O)(=O)NCC(C(=O)O)C(C)C. The van der Waals surface area contributed by atoms with Crippen LogP contribution in [0.3, 0.4) is 0 Å². The normalized spacial score (nSPS) is 12.7. The minimum Gasteiger partial charge on any atom is -0.495 e. The lowest BCUT2D eigenvalue weighted by molar-refractivity contribution is -0.142. The molecule has 1 unspecified atom stereocenters. The smallest absolute Gasteiger partial charge is 0.308 e. The van der Waals surface area contributed by atoms with Gasteiger partial charge in [0.1, 0.15) is 10.6 Å². The zero-order valence-electron chi connectivity index (χ0n) is 12.5. The number of hydrogen-bond donors (Lipinski definition) is 2. The Bertz CT molecular complexity index is 692. The van der Waals surface area contributed by atoms with E-state index in [1.165, 1.54) is 25.3 Å². The third-order valence-corrected chi connectivity index (χ3v) is 4.66. The Hall–Kier alpha value is -2.11. The number of methoxy groups -OCH3 is 1. The summed E-state index contributed by atoms with van der Waals surface area (Å²) in [4.78, 5) is 11.0. The van der Waals surface area contributed by atoms with Crippen LogP contribution >= 0.6 is 0 Å². The van der Waals surface area contributed by atoms with Gasteiger partial charge in [-0.1, -0.05) is 13.8 Å². The second kappa shape index (κ2) is 7.24. The Kier molecular flexibility index (Phi) is 5.91. The number of benzene rings is 1. The van der Waals surface area contributed by atoms with Crippen molar-refractivity contribution >= 4 is 16.0 Å². The summed E-state index contributed by atoms with van der Waals surface area (Å²) in [5.41, 5.74) is 0.265. The molecule has 0 aliphatic rings. The molecule has 8 heteroatoms. The Morgan fingerprint density at radius 2 is 2.09 bits per heavy atom. The van der Waals surface area contributed by atoms with Crippen LogP contribution in [0.1, 0.15) is 19.4 Å². The number of sulfonamides is 1. The molecule has 0 saturated carbocycles. The van der Waals surface area contributed by atoms with Gasteiger partial charge in [-0.05, 0) is 24.1 Å². The van der Waals surface area contributed by atoms with Gasteiger partial charge in [0.25, 0.3) is 0 Å². The predicted molar refractivity (Wildman–Crippen MR) is 78.9 cm³/mol. The average Bonchev–Trinajstić information content (AvgIpc) is 2.45. The molecule has 120 valence electrons. The van der Waals surface area contributed by atoms with Crippen LogP contribution in [0, 0.1) is 23.2 Å². The molecular formula is C14H18N2O5S. The molecule has 0 saturated heterocycles. The summed E-state index contributed by atoms with van der Waals surface area (Å²) in [6.07, 6.45) is 0. The van der Waals surface area contributed by atoms with Gasteiger partial charge in [-0.3, -0.25) is 4.79 Å². The van der Waals surface area contributed by atoms with Crippen LogP contribution in [-0.4, -0.2) is 33.1 Å². The van der Waals surface area contributed by atoms with Gasteiger partial charge in [0.15, 0.2) is 0 Å². The first-order valence-corrected chi connectivity index (χ1v) is 8.01. The molecule has 0 aliphatic heterocycles. The first-order chi connectivity index (χ1) is 10.2. The number of rotatable bonds is 7. The molecule has 1 aromatic carbocycles. The van der Waals surface area contributed by atoms with E-state index in [0.717, 1.165) is 0 Å². The summed E-state index contributed by atoms with van der Waals surface area (Å²) in [7, 11) is -2.64. The molecule has 22 heavy (non-hydrogen) atoms. The molecule has 1 rings (SSSR count). The molecule has 0 radical (unpaired) electrons. The van der Waals surface area contributed by atoms with Gasteiger partial charge in [-0.15, -0.1) is 0 Å². The number of nitrogens with one attached hydrogen (secondary N) is 1. The average molecular weight is 326 g/mol. The van der Waals surface area contributed by atoms with E-state index in [4.69, 9.17) is 15.1 Å². The van der Waals surface area contributed by atoms with Gasteiger partial charge < -0.3 is 9.84 Å². The zero-order valence-corrected chi connectivity index (χ0v) is 13.3. The molecular weight excluding hydrogens is 308 g/mol. The lowest BCUT2D eigenvalue weighted by Crippen LogP contribution is -2.35. The van der Waals surface area contributed by atoms with E-state index in [1.54, 1.807) is 13.8 Å². The van der Waals surface area contributed by atoms with Crippen molar-refractivity contribution in [2.24, 2.45) is 11.8 Å². The van der Waals surface area contributed by atoms with Crippen LogP contribution in [0.15, 0.2) is 23.1 Å². The zero-order chi connectivity index (χ0) is 16.9. The Balaban J connectivity index is 3.05. The first-order valence-electron chi connectivity index (χ1n) is 6.53. The van der Waals surface area contributed by atoms with Crippen LogP contribution in [0.25, 0.3) is 0 Å². The number of carboxylic acid groups (broad SMARTS) is 1.